The predicted molar refractivity (Wildman–Crippen MR) is 123 cm³/mol. The number of oxime groups is 1. The summed E-state index contributed by atoms with van der Waals surface area (Å²) in [5, 5.41) is 4.25. The van der Waals surface area contributed by atoms with E-state index >= 15 is 0 Å². The third-order valence-electron chi connectivity index (χ3n) is 6.16. The molecule has 2 saturated heterocycles. The zero-order chi connectivity index (χ0) is 22.3. The lowest BCUT2D eigenvalue weighted by Crippen LogP contribution is -2.54. The monoisotopic (exact) mass is 437 g/mol. The Kier molecular flexibility index (Phi) is 7.16. The number of carbonyl (C=O) groups is 1. The number of anilines is 1. The molecular formula is C23H31N7O2. The number of nitrogens with two attached hydrogens (primary N) is 1. The molecule has 170 valence electrons. The van der Waals surface area contributed by atoms with Gasteiger partial charge in [0.25, 0.3) is 0 Å². The summed E-state index contributed by atoms with van der Waals surface area (Å²) in [5.74, 6) is 0.778. The maximum Gasteiger partial charge on any atom is 0.320 e. The molecule has 0 atom stereocenters. The Morgan fingerprint density at radius 1 is 1.06 bits per heavy atom. The molecule has 2 fully saturated rings. The minimum Gasteiger partial charge on any atom is -0.399 e. The molecule has 0 radical (unpaired) electrons. The molecule has 2 aromatic rings. The average Bonchev–Trinajstić information content (AvgIpc) is 2.83. The third kappa shape index (κ3) is 5.34. The molecule has 0 aliphatic carbocycles. The molecule has 9 heteroatoms. The van der Waals surface area contributed by atoms with E-state index in [0.717, 1.165) is 75.6 Å². The number of urea groups is 1. The molecular weight excluding hydrogens is 406 g/mol. The van der Waals surface area contributed by atoms with E-state index in [-0.39, 0.29) is 11.9 Å². The maximum atomic E-state index is 13.1. The van der Waals surface area contributed by atoms with Crippen LogP contribution in [0.3, 0.4) is 0 Å². The Labute approximate surface area is 188 Å². The first-order valence-electron chi connectivity index (χ1n) is 11.1. The van der Waals surface area contributed by atoms with Crippen molar-refractivity contribution < 1.29 is 9.63 Å². The second-order valence-electron chi connectivity index (χ2n) is 8.27. The van der Waals surface area contributed by atoms with Crippen LogP contribution in [0.15, 0.2) is 47.9 Å². The summed E-state index contributed by atoms with van der Waals surface area (Å²) in [6, 6.07) is 9.84. The van der Waals surface area contributed by atoms with Gasteiger partial charge in [-0.15, -0.1) is 0 Å². The number of aromatic nitrogens is 2. The van der Waals surface area contributed by atoms with E-state index in [2.05, 4.69) is 20.0 Å². The number of nitrogen functional groups attached to an aromatic ring is 1. The van der Waals surface area contributed by atoms with Crippen LogP contribution in [0, 0.1) is 5.92 Å². The van der Waals surface area contributed by atoms with Crippen LogP contribution in [0.2, 0.25) is 0 Å². The Morgan fingerprint density at radius 3 is 2.47 bits per heavy atom. The number of nitrogens with zero attached hydrogens (tertiary/aromatic N) is 6. The standard InChI is InChI=1S/C23H31N7O2/c1-32-27-22(20-4-2-3-8-25-20)19-6-10-29(11-7-19)23(31)30-14-12-28(13-15-30)17-18-5-9-26-21(24)16-18/h2-5,8-9,16,19H,6-7,10-15,17H2,1H3,(H2,24,26). The van der Waals surface area contributed by atoms with E-state index in [1.807, 2.05) is 40.1 Å². The first kappa shape index (κ1) is 22.0. The molecule has 32 heavy (non-hydrogen) atoms. The van der Waals surface area contributed by atoms with Gasteiger partial charge in [-0.3, -0.25) is 9.88 Å². The number of likely N-dealkylation sites (tertiary alicyclic amines) is 1. The quantitative estimate of drug-likeness (QED) is 0.568. The first-order chi connectivity index (χ1) is 15.6. The molecule has 0 spiro atoms. The Balaban J connectivity index is 1.27. The van der Waals surface area contributed by atoms with Gasteiger partial charge in [0, 0.05) is 64.1 Å². The number of carbonyl (C=O) groups excluding carboxylic acids is 1. The number of amides is 2. The summed E-state index contributed by atoms with van der Waals surface area (Å²) in [5.41, 5.74) is 8.64. The third-order valence-corrected chi connectivity index (χ3v) is 6.16. The van der Waals surface area contributed by atoms with Crippen LogP contribution in [-0.4, -0.2) is 82.8 Å². The normalized spacial score (nSPS) is 18.6. The SMILES string of the molecule is CON=C(c1ccccn1)C1CCN(C(=O)N2CCN(Cc3ccnc(N)c3)CC2)CC1. The molecule has 0 unspecified atom stereocenters. The van der Waals surface area contributed by atoms with E-state index in [4.69, 9.17) is 10.6 Å². The number of hydrogen-bond acceptors (Lipinski definition) is 7. The second-order valence-corrected chi connectivity index (χ2v) is 8.27. The van der Waals surface area contributed by atoms with Gasteiger partial charge in [0.1, 0.15) is 18.6 Å². The molecule has 9 nitrogen and oxygen atoms in total. The highest BCUT2D eigenvalue weighted by Crippen LogP contribution is 2.23. The van der Waals surface area contributed by atoms with Gasteiger partial charge in [0.05, 0.1) is 5.69 Å². The minimum atomic E-state index is 0.138. The van der Waals surface area contributed by atoms with E-state index in [0.29, 0.717) is 5.82 Å². The van der Waals surface area contributed by atoms with Crippen LogP contribution in [0.25, 0.3) is 0 Å². The lowest BCUT2D eigenvalue weighted by Gasteiger charge is -2.39. The zero-order valence-corrected chi connectivity index (χ0v) is 18.6. The van der Waals surface area contributed by atoms with Gasteiger partial charge in [0.15, 0.2) is 0 Å². The van der Waals surface area contributed by atoms with Gasteiger partial charge < -0.3 is 20.4 Å². The molecule has 4 rings (SSSR count). The van der Waals surface area contributed by atoms with Crippen LogP contribution in [0.5, 0.6) is 0 Å². The number of pyridine rings is 2. The Bertz CT molecular complexity index is 921. The van der Waals surface area contributed by atoms with Crippen molar-refractivity contribution in [3.8, 4) is 0 Å². The fourth-order valence-electron chi connectivity index (χ4n) is 4.44. The highest BCUT2D eigenvalue weighted by Gasteiger charge is 2.31. The maximum absolute atomic E-state index is 13.1. The van der Waals surface area contributed by atoms with Crippen molar-refractivity contribution in [1.82, 2.24) is 24.7 Å². The fourth-order valence-corrected chi connectivity index (χ4v) is 4.44. The van der Waals surface area contributed by atoms with E-state index in [1.54, 1.807) is 19.5 Å². The van der Waals surface area contributed by atoms with Crippen molar-refractivity contribution in [2.75, 3.05) is 52.1 Å². The topological polar surface area (TPSA) is 100 Å². The predicted octanol–water partition coefficient (Wildman–Crippen LogP) is 2.06. The highest BCUT2D eigenvalue weighted by atomic mass is 16.6. The number of piperazine rings is 1. The average molecular weight is 438 g/mol. The molecule has 2 aliphatic heterocycles. The summed E-state index contributed by atoms with van der Waals surface area (Å²) in [4.78, 5) is 32.9. The Hall–Kier alpha value is -3.20. The highest BCUT2D eigenvalue weighted by molar-refractivity contribution is 6.00. The van der Waals surface area contributed by atoms with Gasteiger partial charge in [-0.05, 0) is 42.7 Å². The van der Waals surface area contributed by atoms with Crippen LogP contribution in [0.4, 0.5) is 10.6 Å². The second kappa shape index (κ2) is 10.4. The van der Waals surface area contributed by atoms with Crippen LogP contribution in [0.1, 0.15) is 24.1 Å². The molecule has 0 aromatic carbocycles. The first-order valence-corrected chi connectivity index (χ1v) is 11.1. The van der Waals surface area contributed by atoms with Crippen LogP contribution < -0.4 is 5.73 Å². The molecule has 4 heterocycles. The van der Waals surface area contributed by atoms with Crippen molar-refractivity contribution in [2.45, 2.75) is 19.4 Å². The van der Waals surface area contributed by atoms with Crippen LogP contribution in [-0.2, 0) is 11.4 Å². The van der Waals surface area contributed by atoms with Crippen molar-refractivity contribution in [1.29, 1.82) is 0 Å². The summed E-state index contributed by atoms with van der Waals surface area (Å²) in [7, 11) is 1.56. The van der Waals surface area contributed by atoms with E-state index < -0.39 is 0 Å². The van der Waals surface area contributed by atoms with Crippen LogP contribution >= 0.6 is 0 Å². The minimum absolute atomic E-state index is 0.138. The van der Waals surface area contributed by atoms with Crippen molar-refractivity contribution >= 4 is 17.6 Å². The fraction of sp³-hybridized carbons (Fsp3) is 0.478. The summed E-state index contributed by atoms with van der Waals surface area (Å²) >= 11 is 0. The summed E-state index contributed by atoms with van der Waals surface area (Å²) < 4.78 is 0. The van der Waals surface area contributed by atoms with Gasteiger partial charge in [-0.25, -0.2) is 9.78 Å². The largest absolute Gasteiger partial charge is 0.399 e. The molecule has 0 bridgehead atoms. The lowest BCUT2D eigenvalue weighted by atomic mass is 9.90. The molecule has 2 N–H and O–H groups in total. The molecule has 0 saturated carbocycles. The van der Waals surface area contributed by atoms with Gasteiger partial charge >= 0.3 is 6.03 Å². The number of piperidine rings is 1. The summed E-state index contributed by atoms with van der Waals surface area (Å²) in [6.45, 7) is 5.46. The van der Waals surface area contributed by atoms with Gasteiger partial charge in [-0.2, -0.15) is 0 Å². The summed E-state index contributed by atoms with van der Waals surface area (Å²) in [6.07, 6.45) is 5.22. The molecule has 2 aromatic heterocycles. The number of hydrogen-bond donors (Lipinski definition) is 1. The van der Waals surface area contributed by atoms with Crippen molar-refractivity contribution in [2.24, 2.45) is 11.1 Å². The lowest BCUT2D eigenvalue weighted by molar-refractivity contribution is 0.102. The van der Waals surface area contributed by atoms with Gasteiger partial charge in [0.2, 0.25) is 0 Å². The smallest absolute Gasteiger partial charge is 0.320 e. The van der Waals surface area contributed by atoms with Gasteiger partial charge in [-0.1, -0.05) is 11.2 Å². The van der Waals surface area contributed by atoms with E-state index in [1.165, 1.54) is 0 Å². The molecule has 2 aliphatic rings. The Morgan fingerprint density at radius 2 is 1.81 bits per heavy atom. The zero-order valence-electron chi connectivity index (χ0n) is 18.6. The number of rotatable bonds is 5. The van der Waals surface area contributed by atoms with Crippen molar-refractivity contribution in [3.63, 3.8) is 0 Å². The molecule has 2 amide bonds. The van der Waals surface area contributed by atoms with E-state index in [9.17, 15) is 4.79 Å². The van der Waals surface area contributed by atoms with Crippen molar-refractivity contribution in [3.05, 3.63) is 54.0 Å².